The maximum Gasteiger partial charge on any atom is 0.145 e. The summed E-state index contributed by atoms with van der Waals surface area (Å²) in [6.07, 6.45) is 0. The molecule has 0 spiro atoms. The van der Waals surface area contributed by atoms with Gasteiger partial charge in [0, 0.05) is 17.3 Å². The number of hydrogen-bond acceptors (Lipinski definition) is 6. The van der Waals surface area contributed by atoms with Crippen LogP contribution in [0.5, 0.6) is 0 Å². The Balaban J connectivity index is 1.77. The third kappa shape index (κ3) is 2.92. The fraction of sp³-hybridized carbons (Fsp3) is 0.250. The Morgan fingerprint density at radius 1 is 1.32 bits per heavy atom. The molecule has 0 fully saturated rings. The van der Waals surface area contributed by atoms with Gasteiger partial charge in [0.2, 0.25) is 0 Å². The summed E-state index contributed by atoms with van der Waals surface area (Å²) < 4.78 is 0. The Bertz CT molecular complexity index is 680. The number of thiazole rings is 1. The Labute approximate surface area is 123 Å². The molecule has 98 valence electrons. The van der Waals surface area contributed by atoms with Gasteiger partial charge in [-0.25, -0.2) is 15.0 Å². The molecule has 0 unspecified atom stereocenters. The molecule has 0 amide bonds. The van der Waals surface area contributed by atoms with Gasteiger partial charge in [0.25, 0.3) is 0 Å². The van der Waals surface area contributed by atoms with Crippen molar-refractivity contribution in [1.82, 2.24) is 19.9 Å². The normalized spacial score (nSPS) is 11.5. The van der Waals surface area contributed by atoms with Crippen LogP contribution in [0.4, 0.5) is 0 Å². The molecule has 0 aromatic carbocycles. The van der Waals surface area contributed by atoms with Gasteiger partial charge < -0.3 is 0 Å². The van der Waals surface area contributed by atoms with Gasteiger partial charge in [0.1, 0.15) is 15.8 Å². The second-order valence-electron chi connectivity index (χ2n) is 4.22. The predicted molar refractivity (Wildman–Crippen MR) is 79.7 cm³/mol. The molecule has 0 atom stereocenters. The number of hydrogen-bond donors (Lipinski definition) is 0. The Morgan fingerprint density at radius 2 is 2.21 bits per heavy atom. The van der Waals surface area contributed by atoms with Crippen LogP contribution in [0.15, 0.2) is 22.3 Å². The first-order valence-electron chi connectivity index (χ1n) is 5.67. The van der Waals surface area contributed by atoms with Crippen LogP contribution in [0.2, 0.25) is 5.15 Å². The number of rotatable bonds is 4. The van der Waals surface area contributed by atoms with Crippen LogP contribution >= 0.6 is 34.3 Å². The lowest BCUT2D eigenvalue weighted by Crippen LogP contribution is -2.19. The maximum absolute atomic E-state index is 6.16. The third-order valence-electron chi connectivity index (χ3n) is 2.65. The molecule has 0 N–H and O–H groups in total. The van der Waals surface area contributed by atoms with E-state index in [-0.39, 0.29) is 0 Å². The smallest absolute Gasteiger partial charge is 0.145 e. The number of aromatic nitrogens is 3. The fourth-order valence-electron chi connectivity index (χ4n) is 1.82. The average Bonchev–Trinajstić information content (AvgIpc) is 2.99. The van der Waals surface area contributed by atoms with E-state index in [2.05, 4.69) is 19.9 Å². The SMILES string of the molecule is CN(Cc1cscn1)Cc1nc(Cl)c2ccsc2n1. The van der Waals surface area contributed by atoms with E-state index in [1.165, 1.54) is 0 Å². The standard InChI is InChI=1S/C12H11ClN4S2/c1-17(4-8-6-18-7-14-8)5-10-15-11(13)9-2-3-19-12(9)16-10/h2-3,6-7H,4-5H2,1H3. The van der Waals surface area contributed by atoms with Gasteiger partial charge in [-0.1, -0.05) is 11.6 Å². The summed E-state index contributed by atoms with van der Waals surface area (Å²) in [4.78, 5) is 16.2. The molecule has 7 heteroatoms. The Kier molecular flexibility index (Phi) is 3.74. The average molecular weight is 311 g/mol. The van der Waals surface area contributed by atoms with E-state index < -0.39 is 0 Å². The first kappa shape index (κ1) is 12.9. The summed E-state index contributed by atoms with van der Waals surface area (Å²) in [5.41, 5.74) is 2.91. The van der Waals surface area contributed by atoms with E-state index in [0.29, 0.717) is 11.7 Å². The van der Waals surface area contributed by atoms with E-state index in [1.54, 1.807) is 22.7 Å². The van der Waals surface area contributed by atoms with Crippen molar-refractivity contribution in [2.75, 3.05) is 7.05 Å². The van der Waals surface area contributed by atoms with E-state index in [0.717, 1.165) is 28.3 Å². The minimum Gasteiger partial charge on any atom is -0.293 e. The number of nitrogens with zero attached hydrogens (tertiary/aromatic N) is 4. The highest BCUT2D eigenvalue weighted by molar-refractivity contribution is 7.16. The Morgan fingerprint density at radius 3 is 3.00 bits per heavy atom. The first-order valence-corrected chi connectivity index (χ1v) is 7.87. The van der Waals surface area contributed by atoms with Crippen molar-refractivity contribution >= 4 is 44.5 Å². The molecule has 0 saturated heterocycles. The molecule has 0 saturated carbocycles. The van der Waals surface area contributed by atoms with Gasteiger partial charge in [-0.15, -0.1) is 22.7 Å². The van der Waals surface area contributed by atoms with Crippen LogP contribution in [-0.4, -0.2) is 26.9 Å². The van der Waals surface area contributed by atoms with Crippen LogP contribution in [0.3, 0.4) is 0 Å². The number of thiophene rings is 1. The summed E-state index contributed by atoms with van der Waals surface area (Å²) in [6.45, 7) is 1.44. The van der Waals surface area contributed by atoms with E-state index >= 15 is 0 Å². The molecule has 3 aromatic rings. The summed E-state index contributed by atoms with van der Waals surface area (Å²) in [5.74, 6) is 0.748. The molecule has 0 aliphatic heterocycles. The Hall–Kier alpha value is -1.08. The third-order valence-corrected chi connectivity index (χ3v) is 4.38. The van der Waals surface area contributed by atoms with Gasteiger partial charge in [-0.3, -0.25) is 4.90 Å². The van der Waals surface area contributed by atoms with Crippen molar-refractivity contribution < 1.29 is 0 Å². The van der Waals surface area contributed by atoms with Gasteiger partial charge >= 0.3 is 0 Å². The van der Waals surface area contributed by atoms with Crippen LogP contribution in [0, 0.1) is 0 Å². The van der Waals surface area contributed by atoms with E-state index in [4.69, 9.17) is 11.6 Å². The van der Waals surface area contributed by atoms with E-state index in [1.807, 2.05) is 29.4 Å². The lowest BCUT2D eigenvalue weighted by atomic mass is 10.4. The molecule has 4 nitrogen and oxygen atoms in total. The van der Waals surface area contributed by atoms with Gasteiger partial charge in [0.15, 0.2) is 0 Å². The monoisotopic (exact) mass is 310 g/mol. The summed E-state index contributed by atoms with van der Waals surface area (Å²) in [7, 11) is 2.02. The van der Waals surface area contributed by atoms with Crippen LogP contribution in [0.1, 0.15) is 11.5 Å². The second kappa shape index (κ2) is 5.50. The molecule has 0 aliphatic rings. The van der Waals surface area contributed by atoms with Crippen molar-refractivity contribution in [2.45, 2.75) is 13.1 Å². The highest BCUT2D eigenvalue weighted by Crippen LogP contribution is 2.25. The van der Waals surface area contributed by atoms with Crippen LogP contribution < -0.4 is 0 Å². The fourth-order valence-corrected chi connectivity index (χ4v) is 3.46. The molecule has 0 aliphatic carbocycles. The zero-order chi connectivity index (χ0) is 13.2. The molecule has 3 heterocycles. The van der Waals surface area contributed by atoms with Crippen molar-refractivity contribution in [3.8, 4) is 0 Å². The molecule has 3 rings (SSSR count). The lowest BCUT2D eigenvalue weighted by Gasteiger charge is -2.14. The van der Waals surface area contributed by atoms with Gasteiger partial charge in [0.05, 0.1) is 17.7 Å². The lowest BCUT2D eigenvalue weighted by molar-refractivity contribution is 0.308. The highest BCUT2D eigenvalue weighted by Gasteiger charge is 2.10. The highest BCUT2D eigenvalue weighted by atomic mass is 35.5. The summed E-state index contributed by atoms with van der Waals surface area (Å²) >= 11 is 9.34. The van der Waals surface area contributed by atoms with Gasteiger partial charge in [-0.2, -0.15) is 0 Å². The molecule has 19 heavy (non-hydrogen) atoms. The van der Waals surface area contributed by atoms with Crippen molar-refractivity contribution in [3.63, 3.8) is 0 Å². The minimum atomic E-state index is 0.531. The first-order chi connectivity index (χ1) is 9.22. The number of halogens is 1. The molecular formula is C12H11ClN4S2. The largest absolute Gasteiger partial charge is 0.293 e. The summed E-state index contributed by atoms with van der Waals surface area (Å²) in [6, 6.07) is 1.95. The van der Waals surface area contributed by atoms with Crippen LogP contribution in [0.25, 0.3) is 10.2 Å². The maximum atomic E-state index is 6.16. The zero-order valence-corrected chi connectivity index (χ0v) is 12.6. The predicted octanol–water partition coefficient (Wildman–Crippen LogP) is 3.43. The molecular weight excluding hydrogens is 300 g/mol. The minimum absolute atomic E-state index is 0.531. The molecule has 3 aromatic heterocycles. The van der Waals surface area contributed by atoms with Gasteiger partial charge in [-0.05, 0) is 18.5 Å². The topological polar surface area (TPSA) is 41.9 Å². The zero-order valence-electron chi connectivity index (χ0n) is 10.2. The molecule has 0 radical (unpaired) electrons. The van der Waals surface area contributed by atoms with Crippen LogP contribution in [-0.2, 0) is 13.1 Å². The number of fused-ring (bicyclic) bond motifs is 1. The summed E-state index contributed by atoms with van der Waals surface area (Å²) in [5, 5.41) is 5.49. The van der Waals surface area contributed by atoms with Crippen molar-refractivity contribution in [1.29, 1.82) is 0 Å². The quantitative estimate of drug-likeness (QED) is 0.692. The van der Waals surface area contributed by atoms with Crippen molar-refractivity contribution in [2.24, 2.45) is 0 Å². The molecule has 0 bridgehead atoms. The van der Waals surface area contributed by atoms with Crippen molar-refractivity contribution in [3.05, 3.63) is 39.0 Å². The second-order valence-corrected chi connectivity index (χ2v) is 6.19. The van der Waals surface area contributed by atoms with E-state index in [9.17, 15) is 0 Å².